The van der Waals surface area contributed by atoms with Crippen LogP contribution < -0.4 is 4.74 Å². The van der Waals surface area contributed by atoms with E-state index < -0.39 is 5.82 Å². The second kappa shape index (κ2) is 9.66. The van der Waals surface area contributed by atoms with Crippen LogP contribution in [0.4, 0.5) is 9.18 Å². The molecule has 1 amide bonds. The van der Waals surface area contributed by atoms with E-state index in [2.05, 4.69) is 24.3 Å². The Bertz CT molecular complexity index is 1300. The number of hydrogen-bond acceptors (Lipinski definition) is 4. The molecule has 2 saturated heterocycles. The molecule has 2 aliphatic heterocycles. The molecule has 3 aliphatic rings. The number of fused-ring (bicyclic) bond motifs is 5. The molecule has 2 atom stereocenters. The number of carbonyl (C=O) groups excluding carboxylic acids is 2. The van der Waals surface area contributed by atoms with Gasteiger partial charge < -0.3 is 14.4 Å². The molecular formula is C31H30FNO4. The second-order valence-corrected chi connectivity index (χ2v) is 10.3. The van der Waals surface area contributed by atoms with Gasteiger partial charge in [-0.05, 0) is 72.6 Å². The average Bonchev–Trinajstić information content (AvgIpc) is 3.24. The van der Waals surface area contributed by atoms with Crippen molar-refractivity contribution >= 4 is 11.9 Å². The van der Waals surface area contributed by atoms with Gasteiger partial charge in [0, 0.05) is 29.5 Å². The zero-order valence-corrected chi connectivity index (χ0v) is 20.9. The van der Waals surface area contributed by atoms with Crippen molar-refractivity contribution in [3.8, 4) is 16.9 Å². The number of hydrogen-bond donors (Lipinski definition) is 0. The van der Waals surface area contributed by atoms with E-state index in [9.17, 15) is 14.0 Å². The van der Waals surface area contributed by atoms with Crippen LogP contribution in [0.2, 0.25) is 0 Å². The molecule has 6 heteroatoms. The van der Waals surface area contributed by atoms with E-state index in [1.54, 1.807) is 0 Å². The summed E-state index contributed by atoms with van der Waals surface area (Å²) in [6.45, 7) is 0.292. The van der Waals surface area contributed by atoms with Gasteiger partial charge in [-0.3, -0.25) is 4.79 Å². The van der Waals surface area contributed by atoms with Crippen LogP contribution in [0.25, 0.3) is 11.1 Å². The van der Waals surface area contributed by atoms with Gasteiger partial charge in [-0.25, -0.2) is 9.18 Å². The molecule has 0 radical (unpaired) electrons. The zero-order valence-electron chi connectivity index (χ0n) is 20.9. The molecule has 1 aliphatic carbocycles. The second-order valence-electron chi connectivity index (χ2n) is 10.3. The summed E-state index contributed by atoms with van der Waals surface area (Å²) in [6.07, 6.45) is 3.66. The molecule has 0 saturated carbocycles. The Balaban J connectivity index is 1.16. The SMILES string of the molecule is COc1cc(C(=O)C2CC3CCCC(C2)N3C(=O)OCC2c3ccccc3-c3ccccc32)ccc1F. The number of carbonyl (C=O) groups is 2. The fourth-order valence-electron chi connectivity index (χ4n) is 6.61. The van der Waals surface area contributed by atoms with Crippen LogP contribution in [0, 0.1) is 11.7 Å². The van der Waals surface area contributed by atoms with Crippen molar-refractivity contribution in [1.82, 2.24) is 4.90 Å². The summed E-state index contributed by atoms with van der Waals surface area (Å²) < 4.78 is 24.9. The summed E-state index contributed by atoms with van der Waals surface area (Å²) in [5.41, 5.74) is 5.24. The number of halogens is 1. The first-order valence-electron chi connectivity index (χ1n) is 13.1. The predicted molar refractivity (Wildman–Crippen MR) is 138 cm³/mol. The van der Waals surface area contributed by atoms with Crippen LogP contribution in [-0.2, 0) is 4.74 Å². The molecule has 3 aromatic carbocycles. The number of amides is 1. The Morgan fingerprint density at radius 1 is 0.919 bits per heavy atom. The molecule has 2 fully saturated rings. The third-order valence-corrected chi connectivity index (χ3v) is 8.33. The number of ether oxygens (including phenoxy) is 2. The molecule has 37 heavy (non-hydrogen) atoms. The largest absolute Gasteiger partial charge is 0.494 e. The number of ketones is 1. The van der Waals surface area contributed by atoms with Crippen molar-refractivity contribution < 1.29 is 23.5 Å². The highest BCUT2D eigenvalue weighted by molar-refractivity contribution is 5.98. The lowest BCUT2D eigenvalue weighted by atomic mass is 9.76. The minimum atomic E-state index is -0.485. The Morgan fingerprint density at radius 2 is 1.54 bits per heavy atom. The molecule has 2 heterocycles. The molecule has 5 nitrogen and oxygen atoms in total. The summed E-state index contributed by atoms with van der Waals surface area (Å²) in [6, 6.07) is 20.8. The highest BCUT2D eigenvalue weighted by Gasteiger charge is 2.44. The molecule has 0 spiro atoms. The van der Waals surface area contributed by atoms with Crippen LogP contribution in [0.5, 0.6) is 5.75 Å². The molecule has 3 aromatic rings. The minimum Gasteiger partial charge on any atom is -0.494 e. The van der Waals surface area contributed by atoms with Crippen molar-refractivity contribution in [1.29, 1.82) is 0 Å². The van der Waals surface area contributed by atoms with E-state index in [0.717, 1.165) is 19.3 Å². The summed E-state index contributed by atoms with van der Waals surface area (Å²) in [5.74, 6) is -0.614. The average molecular weight is 500 g/mol. The molecular weight excluding hydrogens is 469 g/mol. The number of nitrogens with zero attached hydrogens (tertiary/aromatic N) is 1. The van der Waals surface area contributed by atoms with Gasteiger partial charge in [0.05, 0.1) is 7.11 Å². The Labute approximate surface area is 216 Å². The van der Waals surface area contributed by atoms with Crippen LogP contribution in [0.3, 0.4) is 0 Å². The molecule has 2 bridgehead atoms. The summed E-state index contributed by atoms with van der Waals surface area (Å²) >= 11 is 0. The highest BCUT2D eigenvalue weighted by Crippen LogP contribution is 2.45. The van der Waals surface area contributed by atoms with Crippen LogP contribution >= 0.6 is 0 Å². The van der Waals surface area contributed by atoms with Gasteiger partial charge in [-0.1, -0.05) is 48.5 Å². The van der Waals surface area contributed by atoms with E-state index in [4.69, 9.17) is 9.47 Å². The van der Waals surface area contributed by atoms with Gasteiger partial charge in [0.2, 0.25) is 0 Å². The van der Waals surface area contributed by atoms with Crippen LogP contribution in [0.1, 0.15) is 59.5 Å². The Hall–Kier alpha value is -3.67. The zero-order chi connectivity index (χ0) is 25.5. The lowest BCUT2D eigenvalue weighted by Crippen LogP contribution is -2.55. The Morgan fingerprint density at radius 3 is 2.16 bits per heavy atom. The summed E-state index contributed by atoms with van der Waals surface area (Å²) in [4.78, 5) is 28.6. The van der Waals surface area contributed by atoms with Gasteiger partial charge in [-0.2, -0.15) is 0 Å². The Kier molecular flexibility index (Phi) is 6.19. The van der Waals surface area contributed by atoms with E-state index >= 15 is 0 Å². The first-order chi connectivity index (χ1) is 18.0. The first kappa shape index (κ1) is 23.7. The van der Waals surface area contributed by atoms with Crippen LogP contribution in [0.15, 0.2) is 66.7 Å². The van der Waals surface area contributed by atoms with Gasteiger partial charge in [0.15, 0.2) is 17.3 Å². The number of methoxy groups -OCH3 is 1. The standard InChI is InChI=1S/C31H30FNO4/c1-36-29-17-19(13-14-28(29)32)30(34)20-15-21-7-6-8-22(16-20)33(21)31(35)37-18-27-25-11-4-2-9-23(25)24-10-3-5-12-26(24)27/h2-5,9-14,17,20-22,27H,6-8,15-16,18H2,1H3. The topological polar surface area (TPSA) is 55.8 Å². The predicted octanol–water partition coefficient (Wildman–Crippen LogP) is 6.60. The normalized spacial score (nSPS) is 22.2. The van der Waals surface area contributed by atoms with E-state index in [0.29, 0.717) is 25.0 Å². The van der Waals surface area contributed by atoms with E-state index in [-0.39, 0.29) is 41.5 Å². The lowest BCUT2D eigenvalue weighted by molar-refractivity contribution is 0.00650. The summed E-state index contributed by atoms with van der Waals surface area (Å²) in [7, 11) is 1.39. The van der Waals surface area contributed by atoms with Crippen LogP contribution in [-0.4, -0.2) is 42.6 Å². The molecule has 0 N–H and O–H groups in total. The van der Waals surface area contributed by atoms with Crippen molar-refractivity contribution in [2.45, 2.75) is 50.1 Å². The maximum Gasteiger partial charge on any atom is 0.410 e. The number of piperidine rings is 2. The minimum absolute atomic E-state index is 0.0117. The third kappa shape index (κ3) is 4.18. The number of rotatable bonds is 5. The van der Waals surface area contributed by atoms with Crippen molar-refractivity contribution in [2.24, 2.45) is 5.92 Å². The fourth-order valence-corrected chi connectivity index (χ4v) is 6.61. The van der Waals surface area contributed by atoms with Crippen molar-refractivity contribution in [3.63, 3.8) is 0 Å². The quantitative estimate of drug-likeness (QED) is 0.371. The third-order valence-electron chi connectivity index (χ3n) is 8.33. The highest BCUT2D eigenvalue weighted by atomic mass is 19.1. The number of Topliss-reactive ketones (excluding diaryl/α,β-unsaturated/α-hetero) is 1. The fraction of sp³-hybridized carbons (Fsp3) is 0.355. The maximum atomic E-state index is 13.9. The van der Waals surface area contributed by atoms with Gasteiger partial charge in [-0.15, -0.1) is 0 Å². The lowest BCUT2D eigenvalue weighted by Gasteiger charge is -2.47. The summed E-state index contributed by atoms with van der Waals surface area (Å²) in [5, 5.41) is 0. The maximum absolute atomic E-state index is 13.9. The van der Waals surface area contributed by atoms with Gasteiger partial charge >= 0.3 is 6.09 Å². The molecule has 6 rings (SSSR count). The monoisotopic (exact) mass is 499 g/mol. The van der Waals surface area contributed by atoms with Crippen molar-refractivity contribution in [3.05, 3.63) is 89.2 Å². The van der Waals surface area contributed by atoms with Gasteiger partial charge in [0.25, 0.3) is 0 Å². The smallest absolute Gasteiger partial charge is 0.410 e. The molecule has 2 unspecified atom stereocenters. The number of benzene rings is 3. The molecule has 190 valence electrons. The van der Waals surface area contributed by atoms with Gasteiger partial charge in [0.1, 0.15) is 6.61 Å². The van der Waals surface area contributed by atoms with E-state index in [1.165, 1.54) is 47.6 Å². The first-order valence-corrected chi connectivity index (χ1v) is 13.1. The van der Waals surface area contributed by atoms with Crippen molar-refractivity contribution in [2.75, 3.05) is 13.7 Å². The molecule has 0 aromatic heterocycles. The van der Waals surface area contributed by atoms with E-state index in [1.807, 2.05) is 29.2 Å².